The van der Waals surface area contributed by atoms with Gasteiger partial charge in [-0.05, 0) is 42.5 Å². The van der Waals surface area contributed by atoms with E-state index in [2.05, 4.69) is 5.32 Å². The van der Waals surface area contributed by atoms with E-state index in [1.54, 1.807) is 24.3 Å². The molecule has 1 aliphatic heterocycles. The second kappa shape index (κ2) is 8.01. The number of sulfonamides is 1. The van der Waals surface area contributed by atoms with Crippen molar-refractivity contribution in [2.24, 2.45) is 0 Å². The summed E-state index contributed by atoms with van der Waals surface area (Å²) in [6, 6.07) is 16.4. The summed E-state index contributed by atoms with van der Waals surface area (Å²) in [6.45, 7) is 3.13. The van der Waals surface area contributed by atoms with E-state index < -0.39 is 10.0 Å². The number of anilines is 1. The fourth-order valence-corrected chi connectivity index (χ4v) is 4.76. The van der Waals surface area contributed by atoms with Crippen LogP contribution in [0.3, 0.4) is 0 Å². The van der Waals surface area contributed by atoms with Gasteiger partial charge in [-0.15, -0.1) is 0 Å². The third-order valence-electron chi connectivity index (χ3n) is 4.68. The molecular weight excluding hydrogens is 348 g/mol. The average molecular weight is 372 g/mol. The van der Waals surface area contributed by atoms with Gasteiger partial charge in [0.25, 0.3) is 0 Å². The molecule has 3 rings (SSSR count). The molecule has 1 fully saturated rings. The van der Waals surface area contributed by atoms with Crippen molar-refractivity contribution in [1.29, 1.82) is 0 Å². The lowest BCUT2D eigenvalue weighted by molar-refractivity contribution is -0.116. The number of hydrogen-bond acceptors (Lipinski definition) is 3. The average Bonchev–Trinajstić information content (AvgIpc) is 3.18. The quantitative estimate of drug-likeness (QED) is 0.842. The van der Waals surface area contributed by atoms with Crippen LogP contribution in [-0.4, -0.2) is 31.7 Å². The highest BCUT2D eigenvalue weighted by molar-refractivity contribution is 7.89. The van der Waals surface area contributed by atoms with Crippen LogP contribution in [-0.2, 0) is 14.8 Å². The smallest absolute Gasteiger partial charge is 0.243 e. The maximum Gasteiger partial charge on any atom is 0.243 e. The van der Waals surface area contributed by atoms with Crippen LogP contribution >= 0.6 is 0 Å². The Morgan fingerprint density at radius 3 is 2.46 bits per heavy atom. The number of carbonyl (C=O) groups excluding carboxylic acids is 1. The topological polar surface area (TPSA) is 66.5 Å². The second-order valence-corrected chi connectivity index (χ2v) is 8.64. The predicted molar refractivity (Wildman–Crippen MR) is 103 cm³/mol. The van der Waals surface area contributed by atoms with E-state index in [0.717, 1.165) is 18.4 Å². The second-order valence-electron chi connectivity index (χ2n) is 6.70. The van der Waals surface area contributed by atoms with Gasteiger partial charge in [0.15, 0.2) is 0 Å². The van der Waals surface area contributed by atoms with E-state index in [1.807, 2.05) is 37.3 Å². The van der Waals surface area contributed by atoms with Crippen LogP contribution in [0.1, 0.15) is 37.7 Å². The molecule has 0 radical (unpaired) electrons. The molecule has 0 saturated carbocycles. The minimum Gasteiger partial charge on any atom is -0.326 e. The van der Waals surface area contributed by atoms with Gasteiger partial charge in [0.05, 0.1) is 4.90 Å². The van der Waals surface area contributed by atoms with Crippen LogP contribution in [0.5, 0.6) is 0 Å². The third kappa shape index (κ3) is 4.31. The van der Waals surface area contributed by atoms with Crippen molar-refractivity contribution in [2.45, 2.75) is 37.0 Å². The number of nitrogens with one attached hydrogen (secondary N) is 1. The Balaban J connectivity index is 1.67. The van der Waals surface area contributed by atoms with Gasteiger partial charge in [0.1, 0.15) is 0 Å². The summed E-state index contributed by atoms with van der Waals surface area (Å²) in [7, 11) is -3.48. The molecule has 26 heavy (non-hydrogen) atoms. The van der Waals surface area contributed by atoms with Gasteiger partial charge in [-0.1, -0.05) is 43.3 Å². The SMILES string of the molecule is CC(CC(=O)Nc1cccc(S(=O)(=O)N2CCCC2)c1)c1ccccc1. The normalized spacial score (nSPS) is 16.3. The van der Waals surface area contributed by atoms with Crippen molar-refractivity contribution in [3.05, 3.63) is 60.2 Å². The van der Waals surface area contributed by atoms with Gasteiger partial charge in [-0.3, -0.25) is 4.79 Å². The molecule has 138 valence electrons. The molecule has 1 saturated heterocycles. The van der Waals surface area contributed by atoms with E-state index in [-0.39, 0.29) is 16.7 Å². The van der Waals surface area contributed by atoms with Crippen LogP contribution in [0.4, 0.5) is 5.69 Å². The summed E-state index contributed by atoms with van der Waals surface area (Å²) in [5.74, 6) is -0.0372. The maximum atomic E-state index is 12.6. The summed E-state index contributed by atoms with van der Waals surface area (Å²) in [6.07, 6.45) is 2.13. The number of nitrogens with zero attached hydrogens (tertiary/aromatic N) is 1. The van der Waals surface area contributed by atoms with Crippen molar-refractivity contribution >= 4 is 21.6 Å². The fourth-order valence-electron chi connectivity index (χ4n) is 3.20. The monoisotopic (exact) mass is 372 g/mol. The van der Waals surface area contributed by atoms with Crippen LogP contribution < -0.4 is 5.32 Å². The first kappa shape index (κ1) is 18.6. The molecule has 1 N–H and O–H groups in total. The molecule has 1 amide bonds. The molecule has 5 nitrogen and oxygen atoms in total. The zero-order valence-electron chi connectivity index (χ0n) is 14.9. The number of amides is 1. The molecule has 0 spiro atoms. The highest BCUT2D eigenvalue weighted by Crippen LogP contribution is 2.24. The summed E-state index contributed by atoms with van der Waals surface area (Å²) < 4.78 is 26.8. The minimum atomic E-state index is -3.48. The largest absolute Gasteiger partial charge is 0.326 e. The Morgan fingerprint density at radius 1 is 1.08 bits per heavy atom. The molecule has 6 heteroatoms. The zero-order chi connectivity index (χ0) is 18.6. The number of carbonyl (C=O) groups is 1. The third-order valence-corrected chi connectivity index (χ3v) is 6.58. The lowest BCUT2D eigenvalue weighted by atomic mass is 9.97. The Kier molecular flexibility index (Phi) is 5.74. The number of rotatable bonds is 6. The van der Waals surface area contributed by atoms with Crippen LogP contribution in [0.25, 0.3) is 0 Å². The van der Waals surface area contributed by atoms with Gasteiger partial charge in [-0.2, -0.15) is 4.31 Å². The summed E-state index contributed by atoms with van der Waals surface area (Å²) in [5, 5.41) is 2.82. The summed E-state index contributed by atoms with van der Waals surface area (Å²) in [5.41, 5.74) is 1.61. The highest BCUT2D eigenvalue weighted by Gasteiger charge is 2.27. The van der Waals surface area contributed by atoms with E-state index in [0.29, 0.717) is 25.2 Å². The Hall–Kier alpha value is -2.18. The standard InChI is InChI=1S/C20H24N2O3S/c1-16(17-8-3-2-4-9-17)14-20(23)21-18-10-7-11-19(15-18)26(24,25)22-12-5-6-13-22/h2-4,7-11,15-16H,5-6,12-14H2,1H3,(H,21,23). The first-order valence-corrected chi connectivity index (χ1v) is 10.4. The van der Waals surface area contributed by atoms with Crippen molar-refractivity contribution in [3.63, 3.8) is 0 Å². The molecule has 2 aromatic carbocycles. The molecule has 0 bridgehead atoms. The first-order valence-electron chi connectivity index (χ1n) is 8.92. The highest BCUT2D eigenvalue weighted by atomic mass is 32.2. The summed E-state index contributed by atoms with van der Waals surface area (Å²) in [4.78, 5) is 12.6. The molecule has 1 aliphatic rings. The van der Waals surface area contributed by atoms with Crippen LogP contribution in [0.15, 0.2) is 59.5 Å². The minimum absolute atomic E-state index is 0.0905. The van der Waals surface area contributed by atoms with E-state index in [4.69, 9.17) is 0 Å². The molecule has 2 aromatic rings. The maximum absolute atomic E-state index is 12.6. The fraction of sp³-hybridized carbons (Fsp3) is 0.350. The molecule has 1 atom stereocenters. The lowest BCUT2D eigenvalue weighted by Gasteiger charge is -2.16. The van der Waals surface area contributed by atoms with Crippen molar-refractivity contribution < 1.29 is 13.2 Å². The van der Waals surface area contributed by atoms with Crippen molar-refractivity contribution in [1.82, 2.24) is 4.31 Å². The van der Waals surface area contributed by atoms with E-state index in [9.17, 15) is 13.2 Å². The van der Waals surface area contributed by atoms with Gasteiger partial charge >= 0.3 is 0 Å². The molecule has 1 unspecified atom stereocenters. The Labute approximate surface area is 155 Å². The molecule has 0 aromatic heterocycles. The van der Waals surface area contributed by atoms with Crippen LogP contribution in [0.2, 0.25) is 0 Å². The van der Waals surface area contributed by atoms with Crippen molar-refractivity contribution in [2.75, 3.05) is 18.4 Å². The molecule has 1 heterocycles. The Morgan fingerprint density at radius 2 is 1.77 bits per heavy atom. The summed E-state index contributed by atoms with van der Waals surface area (Å²) >= 11 is 0. The van der Waals surface area contributed by atoms with E-state index in [1.165, 1.54) is 4.31 Å². The van der Waals surface area contributed by atoms with Gasteiger partial charge in [-0.25, -0.2) is 8.42 Å². The lowest BCUT2D eigenvalue weighted by Crippen LogP contribution is -2.28. The number of benzene rings is 2. The zero-order valence-corrected chi connectivity index (χ0v) is 15.7. The Bertz CT molecular complexity index is 860. The van der Waals surface area contributed by atoms with E-state index >= 15 is 0 Å². The molecular formula is C20H24N2O3S. The first-order chi connectivity index (χ1) is 12.5. The van der Waals surface area contributed by atoms with Gasteiger partial charge < -0.3 is 5.32 Å². The number of hydrogen-bond donors (Lipinski definition) is 1. The molecule has 0 aliphatic carbocycles. The van der Waals surface area contributed by atoms with Crippen LogP contribution in [0, 0.1) is 0 Å². The predicted octanol–water partition coefficient (Wildman–Crippen LogP) is 3.60. The van der Waals surface area contributed by atoms with Crippen molar-refractivity contribution in [3.8, 4) is 0 Å². The van der Waals surface area contributed by atoms with Gasteiger partial charge in [0.2, 0.25) is 15.9 Å². The van der Waals surface area contributed by atoms with Gasteiger partial charge in [0, 0.05) is 25.2 Å².